The Bertz CT molecular complexity index is 1410. The SMILES string of the molecule is CC(C)(C)c1ccc(-c2nnc(SCC(=O)Nc3sc4c(c3C#N)CCC(C(C)(C)C)C4)n2C2CCCC2)cc1. The predicted molar refractivity (Wildman–Crippen MR) is 165 cm³/mol. The van der Waals surface area contributed by atoms with Crippen molar-refractivity contribution >= 4 is 34.0 Å². The molecule has 2 aliphatic carbocycles. The third-order valence-corrected chi connectivity index (χ3v) is 10.7. The molecule has 1 saturated carbocycles. The normalized spacial score (nSPS) is 18.0. The molecular weight excluding hydrogens is 535 g/mol. The number of anilines is 1. The Morgan fingerprint density at radius 2 is 1.80 bits per heavy atom. The van der Waals surface area contributed by atoms with Crippen LogP contribution in [0.15, 0.2) is 29.4 Å². The van der Waals surface area contributed by atoms with Gasteiger partial charge in [-0.25, -0.2) is 0 Å². The number of thioether (sulfide) groups is 1. The number of carbonyl (C=O) groups is 1. The zero-order chi connectivity index (χ0) is 28.7. The van der Waals surface area contributed by atoms with Crippen LogP contribution in [0.5, 0.6) is 0 Å². The number of amides is 1. The van der Waals surface area contributed by atoms with Gasteiger partial charge >= 0.3 is 0 Å². The molecule has 0 bridgehead atoms. The molecule has 2 heterocycles. The van der Waals surface area contributed by atoms with E-state index in [-0.39, 0.29) is 22.5 Å². The number of aromatic nitrogens is 3. The van der Waals surface area contributed by atoms with E-state index in [1.54, 1.807) is 11.3 Å². The maximum atomic E-state index is 13.1. The van der Waals surface area contributed by atoms with Gasteiger partial charge in [0.1, 0.15) is 11.1 Å². The van der Waals surface area contributed by atoms with Gasteiger partial charge in [0.2, 0.25) is 5.91 Å². The molecular formula is C32H41N5OS2. The summed E-state index contributed by atoms with van der Waals surface area (Å²) in [6.45, 7) is 13.5. The third kappa shape index (κ3) is 6.01. The minimum atomic E-state index is -0.107. The zero-order valence-electron chi connectivity index (χ0n) is 24.6. The van der Waals surface area contributed by atoms with Crippen molar-refractivity contribution in [1.29, 1.82) is 5.26 Å². The van der Waals surface area contributed by atoms with Crippen molar-refractivity contribution in [2.24, 2.45) is 11.3 Å². The van der Waals surface area contributed by atoms with E-state index in [2.05, 4.69) is 92.0 Å². The van der Waals surface area contributed by atoms with Crippen LogP contribution >= 0.6 is 23.1 Å². The van der Waals surface area contributed by atoms with Gasteiger partial charge in [-0.05, 0) is 60.0 Å². The Balaban J connectivity index is 1.32. The second-order valence-corrected chi connectivity index (χ2v) is 15.5. The maximum absolute atomic E-state index is 13.1. The van der Waals surface area contributed by atoms with E-state index in [0.29, 0.717) is 22.5 Å². The van der Waals surface area contributed by atoms with Crippen molar-refractivity contribution in [3.05, 3.63) is 45.8 Å². The minimum Gasteiger partial charge on any atom is -0.316 e. The van der Waals surface area contributed by atoms with Gasteiger partial charge in [-0.2, -0.15) is 5.26 Å². The Labute approximate surface area is 247 Å². The Morgan fingerprint density at radius 1 is 1.10 bits per heavy atom. The molecule has 5 rings (SSSR count). The second kappa shape index (κ2) is 11.3. The number of nitriles is 1. The van der Waals surface area contributed by atoms with Gasteiger partial charge in [0.05, 0.1) is 11.3 Å². The number of hydrogen-bond acceptors (Lipinski definition) is 6. The standard InChI is InChI=1S/C32H41N5OS2/c1-31(2,3)21-13-11-20(12-14-21)28-35-36-30(37(28)23-9-7-8-10-23)39-19-27(38)34-29-25(18-33)24-16-15-22(32(4,5)6)17-26(24)40-29/h11-14,22-23H,7-10,15-17,19H2,1-6H3,(H,34,38). The van der Waals surface area contributed by atoms with E-state index >= 15 is 0 Å². The highest BCUT2D eigenvalue weighted by Crippen LogP contribution is 2.44. The number of thiophene rings is 1. The zero-order valence-corrected chi connectivity index (χ0v) is 26.3. The summed E-state index contributed by atoms with van der Waals surface area (Å²) in [6, 6.07) is 11.4. The molecule has 1 atom stereocenters. The molecule has 1 N–H and O–H groups in total. The quantitative estimate of drug-likeness (QED) is 0.300. The molecule has 1 unspecified atom stereocenters. The third-order valence-electron chi connectivity index (χ3n) is 8.55. The average Bonchev–Trinajstić information content (AvgIpc) is 3.64. The fraction of sp³-hybridized carbons (Fsp3) is 0.562. The van der Waals surface area contributed by atoms with Gasteiger partial charge in [-0.3, -0.25) is 9.36 Å². The molecule has 0 aliphatic heterocycles. The molecule has 2 aromatic heterocycles. The van der Waals surface area contributed by atoms with Gasteiger partial charge in [0.15, 0.2) is 11.0 Å². The predicted octanol–water partition coefficient (Wildman–Crippen LogP) is 8.17. The molecule has 1 amide bonds. The summed E-state index contributed by atoms with van der Waals surface area (Å²) in [6.07, 6.45) is 7.58. The molecule has 1 aromatic carbocycles. The summed E-state index contributed by atoms with van der Waals surface area (Å²) in [4.78, 5) is 14.4. The van der Waals surface area contributed by atoms with Gasteiger partial charge in [0.25, 0.3) is 0 Å². The molecule has 6 nitrogen and oxygen atoms in total. The lowest BCUT2D eigenvalue weighted by Gasteiger charge is -2.33. The lowest BCUT2D eigenvalue weighted by atomic mass is 9.72. The first-order valence-corrected chi connectivity index (χ1v) is 16.3. The minimum absolute atomic E-state index is 0.0908. The molecule has 0 radical (unpaired) electrons. The number of fused-ring (bicyclic) bond motifs is 1. The first-order valence-electron chi connectivity index (χ1n) is 14.5. The summed E-state index contributed by atoms with van der Waals surface area (Å²) in [5, 5.41) is 23.6. The fourth-order valence-corrected chi connectivity index (χ4v) is 8.11. The molecule has 1 fully saturated rings. The highest BCUT2D eigenvalue weighted by Gasteiger charge is 2.32. The molecule has 0 spiro atoms. The first kappa shape index (κ1) is 28.9. The molecule has 8 heteroatoms. The number of rotatable bonds is 6. The van der Waals surface area contributed by atoms with E-state index < -0.39 is 0 Å². The van der Waals surface area contributed by atoms with Gasteiger partial charge in [-0.1, -0.05) is 90.4 Å². The molecule has 0 saturated heterocycles. The van der Waals surface area contributed by atoms with E-state index in [0.717, 1.165) is 54.2 Å². The molecule has 3 aromatic rings. The first-order chi connectivity index (χ1) is 19.0. The summed E-state index contributed by atoms with van der Waals surface area (Å²) in [5.74, 6) is 1.59. The summed E-state index contributed by atoms with van der Waals surface area (Å²) < 4.78 is 2.26. The number of carbonyl (C=O) groups excluding carboxylic acids is 1. The van der Waals surface area contributed by atoms with Crippen LogP contribution in [0, 0.1) is 22.7 Å². The molecule has 212 valence electrons. The largest absolute Gasteiger partial charge is 0.316 e. The molecule has 40 heavy (non-hydrogen) atoms. The Hall–Kier alpha value is -2.63. The Kier molecular flexibility index (Phi) is 8.18. The van der Waals surface area contributed by atoms with Crippen LogP contribution in [0.1, 0.15) is 101 Å². The summed E-state index contributed by atoms with van der Waals surface area (Å²) >= 11 is 3.02. The number of hydrogen-bond donors (Lipinski definition) is 1. The van der Waals surface area contributed by atoms with E-state index in [1.165, 1.54) is 35.0 Å². The lowest BCUT2D eigenvalue weighted by molar-refractivity contribution is -0.113. The summed E-state index contributed by atoms with van der Waals surface area (Å²) in [7, 11) is 0. The van der Waals surface area contributed by atoms with Crippen molar-refractivity contribution in [3.8, 4) is 17.5 Å². The monoisotopic (exact) mass is 575 g/mol. The van der Waals surface area contributed by atoms with E-state index in [9.17, 15) is 10.1 Å². The van der Waals surface area contributed by atoms with Crippen LogP contribution in [-0.2, 0) is 23.1 Å². The molecule has 2 aliphatic rings. The maximum Gasteiger partial charge on any atom is 0.235 e. The number of nitrogens with zero attached hydrogens (tertiary/aromatic N) is 4. The second-order valence-electron chi connectivity index (χ2n) is 13.4. The topological polar surface area (TPSA) is 83.6 Å². The van der Waals surface area contributed by atoms with Crippen LogP contribution in [0.4, 0.5) is 5.00 Å². The Morgan fingerprint density at radius 3 is 2.42 bits per heavy atom. The van der Waals surface area contributed by atoms with Crippen LogP contribution < -0.4 is 5.32 Å². The van der Waals surface area contributed by atoms with Crippen LogP contribution in [0.25, 0.3) is 11.4 Å². The van der Waals surface area contributed by atoms with Crippen LogP contribution in [-0.4, -0.2) is 26.4 Å². The van der Waals surface area contributed by atoms with Crippen molar-refractivity contribution in [2.45, 2.75) is 103 Å². The average molecular weight is 576 g/mol. The highest BCUT2D eigenvalue weighted by molar-refractivity contribution is 7.99. The highest BCUT2D eigenvalue weighted by atomic mass is 32.2. The van der Waals surface area contributed by atoms with Crippen LogP contribution in [0.2, 0.25) is 0 Å². The van der Waals surface area contributed by atoms with Crippen molar-refractivity contribution in [1.82, 2.24) is 14.8 Å². The smallest absolute Gasteiger partial charge is 0.235 e. The fourth-order valence-electron chi connectivity index (χ4n) is 6.01. The van der Waals surface area contributed by atoms with Crippen molar-refractivity contribution in [2.75, 3.05) is 11.1 Å². The number of nitrogens with one attached hydrogen (secondary N) is 1. The van der Waals surface area contributed by atoms with E-state index in [1.807, 2.05) is 0 Å². The van der Waals surface area contributed by atoms with Crippen molar-refractivity contribution in [3.63, 3.8) is 0 Å². The lowest BCUT2D eigenvalue weighted by Crippen LogP contribution is -2.26. The van der Waals surface area contributed by atoms with E-state index in [4.69, 9.17) is 0 Å². The van der Waals surface area contributed by atoms with Crippen LogP contribution in [0.3, 0.4) is 0 Å². The number of benzene rings is 1. The van der Waals surface area contributed by atoms with Gasteiger partial charge in [0, 0.05) is 16.5 Å². The van der Waals surface area contributed by atoms with Gasteiger partial charge in [-0.15, -0.1) is 21.5 Å². The van der Waals surface area contributed by atoms with Gasteiger partial charge < -0.3 is 5.32 Å². The summed E-state index contributed by atoms with van der Waals surface area (Å²) in [5.41, 5.74) is 4.46. The van der Waals surface area contributed by atoms with Crippen molar-refractivity contribution < 1.29 is 4.79 Å².